The van der Waals surface area contributed by atoms with E-state index in [-0.39, 0.29) is 11.5 Å². The molecule has 4 heteroatoms. The molecule has 1 unspecified atom stereocenters. The van der Waals surface area contributed by atoms with Crippen molar-refractivity contribution in [3.05, 3.63) is 129 Å². The van der Waals surface area contributed by atoms with Gasteiger partial charge in [0.15, 0.2) is 0 Å². The van der Waals surface area contributed by atoms with Gasteiger partial charge in [-0.2, -0.15) is 5.10 Å². The lowest BCUT2D eigenvalue weighted by Gasteiger charge is -2.26. The number of aromatic nitrogens is 2. The Bertz CT molecular complexity index is 1260. The summed E-state index contributed by atoms with van der Waals surface area (Å²) >= 11 is 0. The Hall–Kier alpha value is -3.66. The molecule has 172 valence electrons. The molecule has 0 fully saturated rings. The average molecular weight is 451 g/mol. The Kier molecular flexibility index (Phi) is 6.57. The first-order valence-electron chi connectivity index (χ1n) is 12.1. The van der Waals surface area contributed by atoms with Gasteiger partial charge in [-0.25, -0.2) is 4.68 Å². The Morgan fingerprint density at radius 1 is 0.912 bits per heavy atom. The highest BCUT2D eigenvalue weighted by Crippen LogP contribution is 2.34. The normalized spacial score (nSPS) is 15.2. The van der Waals surface area contributed by atoms with Crippen LogP contribution in [0.15, 0.2) is 95.8 Å². The standard InChI is InChI=1S/C30H30N2O2/c1-34-28-14-8-13-25-21-22(15-16-26(25)28)19-20-32-29(33)18-17-27(31-32)30(23-9-4-2-5-10-23)24-11-6-3-7-12-24/h2-14,17-18,22,30H,15-16,19-21H2,1H3. The molecule has 0 radical (unpaired) electrons. The van der Waals surface area contributed by atoms with Crippen LogP contribution in [0.3, 0.4) is 0 Å². The van der Waals surface area contributed by atoms with Crippen LogP contribution >= 0.6 is 0 Å². The van der Waals surface area contributed by atoms with E-state index in [0.29, 0.717) is 12.5 Å². The summed E-state index contributed by atoms with van der Waals surface area (Å²) in [7, 11) is 1.74. The largest absolute Gasteiger partial charge is 0.496 e. The predicted octanol–water partition coefficient (Wildman–Crippen LogP) is 5.63. The van der Waals surface area contributed by atoms with Gasteiger partial charge in [0.25, 0.3) is 5.56 Å². The van der Waals surface area contributed by atoms with Crippen molar-refractivity contribution in [1.29, 1.82) is 0 Å². The van der Waals surface area contributed by atoms with Crippen LogP contribution in [0.25, 0.3) is 0 Å². The molecule has 1 aliphatic rings. The summed E-state index contributed by atoms with van der Waals surface area (Å²) in [6.07, 6.45) is 4.10. The highest BCUT2D eigenvalue weighted by Gasteiger charge is 2.22. The van der Waals surface area contributed by atoms with Gasteiger partial charge in [-0.3, -0.25) is 4.79 Å². The number of benzene rings is 3. The number of hydrogen-bond donors (Lipinski definition) is 0. The molecule has 4 aromatic rings. The van der Waals surface area contributed by atoms with Crippen molar-refractivity contribution in [2.45, 2.75) is 38.1 Å². The van der Waals surface area contributed by atoms with E-state index >= 15 is 0 Å². The molecule has 3 aromatic carbocycles. The van der Waals surface area contributed by atoms with Crippen molar-refractivity contribution in [1.82, 2.24) is 9.78 Å². The molecule has 0 aliphatic heterocycles. The van der Waals surface area contributed by atoms with Gasteiger partial charge < -0.3 is 4.74 Å². The number of methoxy groups -OCH3 is 1. The highest BCUT2D eigenvalue weighted by molar-refractivity contribution is 5.42. The minimum Gasteiger partial charge on any atom is -0.496 e. The van der Waals surface area contributed by atoms with E-state index in [0.717, 1.165) is 37.1 Å². The van der Waals surface area contributed by atoms with Gasteiger partial charge in [-0.15, -0.1) is 0 Å². The van der Waals surface area contributed by atoms with Crippen molar-refractivity contribution in [3.8, 4) is 5.75 Å². The van der Waals surface area contributed by atoms with Crippen LogP contribution in [-0.2, 0) is 19.4 Å². The van der Waals surface area contributed by atoms with Crippen LogP contribution in [-0.4, -0.2) is 16.9 Å². The van der Waals surface area contributed by atoms with Gasteiger partial charge in [0.2, 0.25) is 0 Å². The zero-order valence-electron chi connectivity index (χ0n) is 19.6. The first kappa shape index (κ1) is 22.1. The minimum absolute atomic E-state index is 0.0109. The van der Waals surface area contributed by atoms with Crippen LogP contribution in [0.2, 0.25) is 0 Å². The summed E-state index contributed by atoms with van der Waals surface area (Å²) < 4.78 is 7.21. The lowest BCUT2D eigenvalue weighted by molar-refractivity contribution is 0.366. The van der Waals surface area contributed by atoms with Crippen LogP contribution in [0.4, 0.5) is 0 Å². The Morgan fingerprint density at radius 2 is 1.62 bits per heavy atom. The van der Waals surface area contributed by atoms with Crippen molar-refractivity contribution in [2.75, 3.05) is 7.11 Å². The van der Waals surface area contributed by atoms with Gasteiger partial charge >= 0.3 is 0 Å². The molecule has 0 spiro atoms. The molecule has 0 bridgehead atoms. The monoisotopic (exact) mass is 450 g/mol. The van der Waals surface area contributed by atoms with E-state index in [1.165, 1.54) is 22.3 Å². The third-order valence-corrected chi connectivity index (χ3v) is 6.96. The number of nitrogens with zero attached hydrogens (tertiary/aromatic N) is 2. The summed E-state index contributed by atoms with van der Waals surface area (Å²) in [5, 5.41) is 4.87. The molecule has 34 heavy (non-hydrogen) atoms. The quantitative estimate of drug-likeness (QED) is 0.367. The number of hydrogen-bond acceptors (Lipinski definition) is 3. The predicted molar refractivity (Wildman–Crippen MR) is 135 cm³/mol. The molecule has 1 heterocycles. The van der Waals surface area contributed by atoms with Crippen LogP contribution in [0.1, 0.15) is 46.7 Å². The summed E-state index contributed by atoms with van der Waals surface area (Å²) in [5.41, 5.74) is 5.91. The Labute approximate surface area is 200 Å². The molecular weight excluding hydrogens is 420 g/mol. The molecule has 0 saturated carbocycles. The van der Waals surface area contributed by atoms with Crippen LogP contribution in [0.5, 0.6) is 5.75 Å². The lowest BCUT2D eigenvalue weighted by atomic mass is 9.82. The second-order valence-corrected chi connectivity index (χ2v) is 9.07. The SMILES string of the molecule is COc1cccc2c1CCC(CCn1nc(C(c3ccccc3)c3ccccc3)ccc1=O)C2. The van der Waals surface area contributed by atoms with Crippen LogP contribution < -0.4 is 10.3 Å². The average Bonchev–Trinajstić information content (AvgIpc) is 2.89. The van der Waals surface area contributed by atoms with E-state index < -0.39 is 0 Å². The topological polar surface area (TPSA) is 44.1 Å². The van der Waals surface area contributed by atoms with Crippen molar-refractivity contribution < 1.29 is 4.74 Å². The molecule has 1 atom stereocenters. The van der Waals surface area contributed by atoms with Gasteiger partial charge in [0.05, 0.1) is 18.7 Å². The van der Waals surface area contributed by atoms with E-state index in [4.69, 9.17) is 9.84 Å². The van der Waals surface area contributed by atoms with Gasteiger partial charge in [0.1, 0.15) is 5.75 Å². The number of aryl methyl sites for hydroxylation is 1. The minimum atomic E-state index is -0.0403. The highest BCUT2D eigenvalue weighted by atomic mass is 16.5. The molecule has 4 nitrogen and oxygen atoms in total. The van der Waals surface area contributed by atoms with Crippen molar-refractivity contribution in [2.24, 2.45) is 5.92 Å². The second-order valence-electron chi connectivity index (χ2n) is 9.07. The molecule has 1 aromatic heterocycles. The Balaban J connectivity index is 1.38. The summed E-state index contributed by atoms with van der Waals surface area (Å²) in [6.45, 7) is 0.632. The zero-order chi connectivity index (χ0) is 23.3. The van der Waals surface area contributed by atoms with E-state index in [9.17, 15) is 4.79 Å². The molecule has 0 saturated heterocycles. The molecule has 0 amide bonds. The fraction of sp³-hybridized carbons (Fsp3) is 0.267. The molecule has 5 rings (SSSR count). The first-order valence-corrected chi connectivity index (χ1v) is 12.1. The molecule has 0 N–H and O–H groups in total. The molecule has 1 aliphatic carbocycles. The Morgan fingerprint density at radius 3 is 2.29 bits per heavy atom. The van der Waals surface area contributed by atoms with Gasteiger partial charge in [0, 0.05) is 12.6 Å². The maximum atomic E-state index is 12.7. The van der Waals surface area contributed by atoms with Gasteiger partial charge in [-0.05, 0) is 66.0 Å². The second kappa shape index (κ2) is 10.1. The van der Waals surface area contributed by atoms with Gasteiger partial charge in [-0.1, -0.05) is 72.8 Å². The number of ether oxygens (including phenoxy) is 1. The van der Waals surface area contributed by atoms with E-state index in [1.807, 2.05) is 24.3 Å². The number of fused-ring (bicyclic) bond motifs is 1. The molecular formula is C30H30N2O2. The third kappa shape index (κ3) is 4.67. The lowest BCUT2D eigenvalue weighted by Crippen LogP contribution is -2.26. The summed E-state index contributed by atoms with van der Waals surface area (Å²) in [6, 6.07) is 30.6. The fourth-order valence-corrected chi connectivity index (χ4v) is 5.19. The summed E-state index contributed by atoms with van der Waals surface area (Å²) in [5.74, 6) is 1.52. The zero-order valence-corrected chi connectivity index (χ0v) is 19.6. The fourth-order valence-electron chi connectivity index (χ4n) is 5.19. The maximum absolute atomic E-state index is 12.7. The van der Waals surface area contributed by atoms with E-state index in [2.05, 4.69) is 60.7 Å². The number of rotatable bonds is 7. The first-order chi connectivity index (χ1) is 16.7. The maximum Gasteiger partial charge on any atom is 0.266 e. The van der Waals surface area contributed by atoms with Crippen molar-refractivity contribution >= 4 is 0 Å². The third-order valence-electron chi connectivity index (χ3n) is 6.96. The van der Waals surface area contributed by atoms with E-state index in [1.54, 1.807) is 17.9 Å². The summed E-state index contributed by atoms with van der Waals surface area (Å²) in [4.78, 5) is 12.7. The van der Waals surface area contributed by atoms with Crippen LogP contribution in [0, 0.1) is 5.92 Å². The van der Waals surface area contributed by atoms with Crippen molar-refractivity contribution in [3.63, 3.8) is 0 Å². The smallest absolute Gasteiger partial charge is 0.266 e.